The molecule has 0 radical (unpaired) electrons. The smallest absolute Gasteiger partial charge is 0.240 e. The zero-order valence-corrected chi connectivity index (χ0v) is 25.3. The van der Waals surface area contributed by atoms with Crippen LogP contribution in [0.15, 0.2) is 60.9 Å². The van der Waals surface area contributed by atoms with Crippen molar-refractivity contribution >= 4 is 11.6 Å². The molecule has 12 heteroatoms. The number of amides is 1. The number of rotatable bonds is 13. The Morgan fingerprint density at radius 1 is 0.978 bits per heavy atom. The largest absolute Gasteiger partial charge is 0.376 e. The summed E-state index contributed by atoms with van der Waals surface area (Å²) in [5, 5.41) is 6.55. The van der Waals surface area contributed by atoms with E-state index in [1.807, 2.05) is 7.05 Å². The molecule has 45 heavy (non-hydrogen) atoms. The van der Waals surface area contributed by atoms with Gasteiger partial charge in [0.05, 0.1) is 56.2 Å². The summed E-state index contributed by atoms with van der Waals surface area (Å²) in [6.45, 7) is 4.57. The van der Waals surface area contributed by atoms with Crippen molar-refractivity contribution < 1.29 is 32.2 Å². The maximum Gasteiger partial charge on any atom is 0.240 e. The molecule has 4 atom stereocenters. The minimum Gasteiger partial charge on any atom is -0.376 e. The van der Waals surface area contributed by atoms with Gasteiger partial charge in [-0.2, -0.15) is 0 Å². The predicted molar refractivity (Wildman–Crippen MR) is 163 cm³/mol. The zero-order valence-electron chi connectivity index (χ0n) is 25.3. The minimum absolute atomic E-state index is 0.0339. The Labute approximate surface area is 261 Å². The monoisotopic (exact) mass is 627 g/mol. The summed E-state index contributed by atoms with van der Waals surface area (Å²) in [5.41, 5.74) is 7.70. The molecular weight excluding hydrogens is 587 g/mol. The number of carbonyl (C=O) groups excluding carboxylic acids is 1. The van der Waals surface area contributed by atoms with Gasteiger partial charge in [-0.3, -0.25) is 9.78 Å². The summed E-state index contributed by atoms with van der Waals surface area (Å²) in [5.74, 6) is -2.87. The van der Waals surface area contributed by atoms with Crippen LogP contribution >= 0.6 is 0 Å². The summed E-state index contributed by atoms with van der Waals surface area (Å²) >= 11 is 0. The lowest BCUT2D eigenvalue weighted by Gasteiger charge is -2.35. The van der Waals surface area contributed by atoms with Crippen molar-refractivity contribution in [3.05, 3.63) is 95.1 Å². The number of benzene rings is 2. The standard InChI is InChI=1S/C33H40F3N5O4/c1-41(19-27-20-43-12-13-44-27)18-26-15-38-14-25(45-26)10-11-28-29(36)16-39-17-30(28)40-32(33(37)42)31(21-2-6-23(34)7-3-21)22-4-8-24(35)9-5-22/h2-9,16-17,25-27,31-32,38,40H,10-15,18-20H2,1H3,(H2,37,42)/t25-,26+,27?,32+/m1/s1. The van der Waals surface area contributed by atoms with E-state index in [2.05, 4.69) is 20.5 Å². The molecule has 1 aromatic heterocycles. The van der Waals surface area contributed by atoms with Gasteiger partial charge in [0.15, 0.2) is 0 Å². The zero-order chi connectivity index (χ0) is 31.8. The third kappa shape index (κ3) is 9.01. The summed E-state index contributed by atoms with van der Waals surface area (Å²) in [6, 6.07) is 10.2. The third-order valence-corrected chi connectivity index (χ3v) is 8.17. The molecular formula is C33H40F3N5O4. The van der Waals surface area contributed by atoms with E-state index in [-0.39, 0.29) is 18.3 Å². The minimum atomic E-state index is -1.09. The van der Waals surface area contributed by atoms with Crippen LogP contribution in [-0.2, 0) is 25.4 Å². The summed E-state index contributed by atoms with van der Waals surface area (Å²) in [6.07, 6.45) is 3.23. The Balaban J connectivity index is 1.28. The number of hydrogen-bond donors (Lipinski definition) is 3. The molecule has 2 fully saturated rings. The van der Waals surface area contributed by atoms with E-state index in [1.54, 1.807) is 24.3 Å². The average Bonchev–Trinajstić information content (AvgIpc) is 3.02. The Bertz CT molecular complexity index is 1350. The number of morpholine rings is 1. The van der Waals surface area contributed by atoms with Crippen LogP contribution < -0.4 is 16.4 Å². The highest BCUT2D eigenvalue weighted by Gasteiger charge is 2.31. The molecule has 4 N–H and O–H groups in total. The van der Waals surface area contributed by atoms with Gasteiger partial charge in [-0.15, -0.1) is 0 Å². The summed E-state index contributed by atoms with van der Waals surface area (Å²) in [4.78, 5) is 19.1. The number of anilines is 1. The normalized spacial score (nSPS) is 21.2. The number of aromatic nitrogens is 1. The molecule has 0 aliphatic carbocycles. The molecule has 0 bridgehead atoms. The molecule has 0 spiro atoms. The Morgan fingerprint density at radius 2 is 1.62 bits per heavy atom. The molecule has 0 saturated carbocycles. The fourth-order valence-corrected chi connectivity index (χ4v) is 6.01. The second-order valence-electron chi connectivity index (χ2n) is 11.6. The van der Waals surface area contributed by atoms with Crippen LogP contribution in [0.2, 0.25) is 0 Å². The summed E-state index contributed by atoms with van der Waals surface area (Å²) < 4.78 is 60.5. The van der Waals surface area contributed by atoms with E-state index in [0.717, 1.165) is 12.7 Å². The SMILES string of the molecule is CN(CC1COCCO1)C[C@@H]1CNC[C@@H](CCc2c(F)cncc2N[C@H](C(N)=O)C(c2ccc(F)cc2)c2ccc(F)cc2)O1. The Hall–Kier alpha value is -3.55. The predicted octanol–water partition coefficient (Wildman–Crippen LogP) is 3.23. The molecule has 242 valence electrons. The van der Waals surface area contributed by atoms with Gasteiger partial charge < -0.3 is 35.5 Å². The molecule has 3 aromatic rings. The molecule has 3 heterocycles. The van der Waals surface area contributed by atoms with Crippen molar-refractivity contribution in [2.75, 3.05) is 58.4 Å². The number of nitrogens with two attached hydrogens (primary N) is 1. The first-order valence-electron chi connectivity index (χ1n) is 15.2. The average molecular weight is 628 g/mol. The van der Waals surface area contributed by atoms with Crippen molar-refractivity contribution in [2.24, 2.45) is 5.73 Å². The van der Waals surface area contributed by atoms with E-state index in [0.29, 0.717) is 74.7 Å². The number of ether oxygens (including phenoxy) is 3. The highest BCUT2D eigenvalue weighted by Crippen LogP contribution is 2.32. The van der Waals surface area contributed by atoms with Crippen LogP contribution in [0.3, 0.4) is 0 Å². The van der Waals surface area contributed by atoms with Gasteiger partial charge in [0.25, 0.3) is 0 Å². The third-order valence-electron chi connectivity index (χ3n) is 8.17. The number of hydrogen-bond acceptors (Lipinski definition) is 8. The first kappa shape index (κ1) is 32.8. The van der Waals surface area contributed by atoms with Crippen LogP contribution in [0, 0.1) is 17.5 Å². The van der Waals surface area contributed by atoms with E-state index >= 15 is 4.39 Å². The van der Waals surface area contributed by atoms with Gasteiger partial charge >= 0.3 is 0 Å². The second kappa shape index (κ2) is 15.6. The van der Waals surface area contributed by atoms with Crippen molar-refractivity contribution in [2.45, 2.75) is 43.1 Å². The number of nitrogens with zero attached hydrogens (tertiary/aromatic N) is 2. The fourth-order valence-electron chi connectivity index (χ4n) is 6.01. The summed E-state index contributed by atoms with van der Waals surface area (Å²) in [7, 11) is 2.02. The Morgan fingerprint density at radius 3 is 2.24 bits per heavy atom. The maximum atomic E-state index is 15.3. The van der Waals surface area contributed by atoms with Crippen LogP contribution in [0.4, 0.5) is 18.9 Å². The highest BCUT2D eigenvalue weighted by molar-refractivity contribution is 5.85. The van der Waals surface area contributed by atoms with Crippen molar-refractivity contribution in [3.63, 3.8) is 0 Å². The van der Waals surface area contributed by atoms with Gasteiger partial charge in [0.2, 0.25) is 5.91 Å². The lowest BCUT2D eigenvalue weighted by Crippen LogP contribution is -2.50. The van der Waals surface area contributed by atoms with Crippen LogP contribution in [-0.4, -0.2) is 93.2 Å². The van der Waals surface area contributed by atoms with Gasteiger partial charge in [-0.25, -0.2) is 13.2 Å². The van der Waals surface area contributed by atoms with E-state index in [4.69, 9.17) is 19.9 Å². The Kier molecular flexibility index (Phi) is 11.4. The first-order chi connectivity index (χ1) is 21.8. The molecule has 9 nitrogen and oxygen atoms in total. The number of primary amides is 1. The second-order valence-corrected chi connectivity index (χ2v) is 11.6. The van der Waals surface area contributed by atoms with Gasteiger partial charge in [0, 0.05) is 37.7 Å². The number of pyridine rings is 1. The highest BCUT2D eigenvalue weighted by atomic mass is 19.1. The van der Waals surface area contributed by atoms with Crippen molar-refractivity contribution in [3.8, 4) is 0 Å². The number of nitrogens with one attached hydrogen (secondary N) is 2. The van der Waals surface area contributed by atoms with E-state index in [1.165, 1.54) is 30.5 Å². The number of halogens is 3. The van der Waals surface area contributed by atoms with E-state index < -0.39 is 35.3 Å². The molecule has 2 aliphatic heterocycles. The van der Waals surface area contributed by atoms with Crippen LogP contribution in [0.25, 0.3) is 0 Å². The molecule has 2 aromatic carbocycles. The lowest BCUT2D eigenvalue weighted by atomic mass is 9.84. The molecule has 1 amide bonds. The molecule has 1 unspecified atom stereocenters. The van der Waals surface area contributed by atoms with Gasteiger partial charge in [0.1, 0.15) is 23.5 Å². The van der Waals surface area contributed by atoms with Gasteiger partial charge in [-0.05, 0) is 55.3 Å². The van der Waals surface area contributed by atoms with Crippen molar-refractivity contribution in [1.29, 1.82) is 0 Å². The van der Waals surface area contributed by atoms with Crippen LogP contribution in [0.1, 0.15) is 29.0 Å². The number of likely N-dealkylation sites (N-methyl/N-ethyl adjacent to an activating group) is 1. The molecule has 5 rings (SSSR count). The van der Waals surface area contributed by atoms with Gasteiger partial charge in [-0.1, -0.05) is 24.3 Å². The van der Waals surface area contributed by atoms with E-state index in [9.17, 15) is 13.6 Å². The first-order valence-corrected chi connectivity index (χ1v) is 15.2. The molecule has 2 aliphatic rings. The quantitative estimate of drug-likeness (QED) is 0.265. The molecule has 2 saturated heterocycles. The number of carbonyl (C=O) groups is 1. The van der Waals surface area contributed by atoms with Crippen molar-refractivity contribution in [1.82, 2.24) is 15.2 Å². The van der Waals surface area contributed by atoms with Crippen LogP contribution in [0.5, 0.6) is 0 Å². The topological polar surface area (TPSA) is 111 Å². The lowest BCUT2D eigenvalue weighted by molar-refractivity contribution is -0.119. The maximum absolute atomic E-state index is 15.3. The fraction of sp³-hybridized carbons (Fsp3) is 0.455.